The first-order valence-electron chi connectivity index (χ1n) is 4.95. The van der Waals surface area contributed by atoms with Crippen LogP contribution < -0.4 is 4.74 Å². The summed E-state index contributed by atoms with van der Waals surface area (Å²) in [7, 11) is 0. The average Bonchev–Trinajstić information content (AvgIpc) is 2.16. The number of rotatable bonds is 0. The lowest BCUT2D eigenvalue weighted by atomic mass is 9.95. The Hall–Kier alpha value is -1.51. The molecule has 0 spiro atoms. The molecule has 1 unspecified atom stereocenters. The van der Waals surface area contributed by atoms with E-state index in [0.717, 1.165) is 0 Å². The molecule has 1 aliphatic rings. The molecule has 1 aromatic carbocycles. The Labute approximate surface area is 89.0 Å². The van der Waals surface area contributed by atoms with Gasteiger partial charge in [-0.2, -0.15) is 0 Å². The summed E-state index contributed by atoms with van der Waals surface area (Å²) in [5.41, 5.74) is 0.279. The maximum absolute atomic E-state index is 11.6. The predicted molar refractivity (Wildman–Crippen MR) is 55.7 cm³/mol. The molecule has 0 fully saturated rings. The highest BCUT2D eigenvalue weighted by molar-refractivity contribution is 5.93. The van der Waals surface area contributed by atoms with Crippen LogP contribution in [0.25, 0.3) is 0 Å². The maximum Gasteiger partial charge on any atom is 0.345 e. The third-order valence-electron chi connectivity index (χ3n) is 2.26. The normalized spacial score (nSPS) is 20.2. The number of para-hydroxylation sites is 1. The predicted octanol–water partition coefficient (Wildman–Crippen LogP) is 2.61. The number of hydrogen-bond acceptors (Lipinski definition) is 3. The number of hydrogen-bond donors (Lipinski definition) is 0. The molecule has 2 rings (SSSR count). The van der Waals surface area contributed by atoms with E-state index in [9.17, 15) is 4.79 Å². The fraction of sp³-hybridized carbons (Fsp3) is 0.417. The van der Waals surface area contributed by atoms with Gasteiger partial charge < -0.3 is 9.47 Å². The molecule has 0 saturated carbocycles. The number of esters is 1. The van der Waals surface area contributed by atoms with Gasteiger partial charge >= 0.3 is 5.97 Å². The van der Waals surface area contributed by atoms with Crippen LogP contribution in [-0.4, -0.2) is 12.3 Å². The minimum absolute atomic E-state index is 0.219. The lowest BCUT2D eigenvalue weighted by Crippen LogP contribution is -2.39. The van der Waals surface area contributed by atoms with Crippen LogP contribution in [0.4, 0.5) is 0 Å². The number of benzene rings is 1. The Balaban J connectivity index is 2.35. The number of ether oxygens (including phenoxy) is 2. The van der Waals surface area contributed by atoms with Gasteiger partial charge in [-0.25, -0.2) is 4.79 Å². The van der Waals surface area contributed by atoms with Gasteiger partial charge in [0, 0.05) is 5.41 Å². The molecule has 1 aliphatic heterocycles. The van der Waals surface area contributed by atoms with Crippen molar-refractivity contribution in [2.45, 2.75) is 27.1 Å². The van der Waals surface area contributed by atoms with Gasteiger partial charge in [-0.3, -0.25) is 0 Å². The largest absolute Gasteiger partial charge is 0.453 e. The SMILES string of the molecule is CC(C)(C)C1OC(=O)c2ccccc2O1. The molecule has 0 N–H and O–H groups in total. The van der Waals surface area contributed by atoms with Crippen molar-refractivity contribution >= 4 is 5.97 Å². The molecular weight excluding hydrogens is 192 g/mol. The van der Waals surface area contributed by atoms with E-state index in [-0.39, 0.29) is 11.4 Å². The summed E-state index contributed by atoms with van der Waals surface area (Å²) in [6, 6.07) is 7.13. The summed E-state index contributed by atoms with van der Waals surface area (Å²) in [4.78, 5) is 11.6. The molecule has 0 aromatic heterocycles. The van der Waals surface area contributed by atoms with E-state index in [1.807, 2.05) is 26.8 Å². The van der Waals surface area contributed by atoms with Gasteiger partial charge in [-0.15, -0.1) is 0 Å². The molecule has 1 atom stereocenters. The standard InChI is InChI=1S/C12H14O3/c1-12(2,3)11-14-9-7-5-4-6-8(9)10(13)15-11/h4-7,11H,1-3H3. The first-order chi connectivity index (χ1) is 6.98. The minimum atomic E-state index is -0.514. The van der Waals surface area contributed by atoms with Crippen molar-refractivity contribution in [1.29, 1.82) is 0 Å². The number of cyclic esters (lactones) is 1. The summed E-state index contributed by atoms with van der Waals surface area (Å²) in [5.74, 6) is 0.297. The molecule has 80 valence electrons. The zero-order valence-corrected chi connectivity index (χ0v) is 9.11. The van der Waals surface area contributed by atoms with E-state index in [1.165, 1.54) is 0 Å². The van der Waals surface area contributed by atoms with Gasteiger partial charge in [0.15, 0.2) is 0 Å². The highest BCUT2D eigenvalue weighted by Gasteiger charge is 2.35. The molecule has 0 saturated heterocycles. The third-order valence-corrected chi connectivity index (χ3v) is 2.26. The van der Waals surface area contributed by atoms with Gasteiger partial charge in [-0.05, 0) is 12.1 Å². The monoisotopic (exact) mass is 206 g/mol. The molecular formula is C12H14O3. The van der Waals surface area contributed by atoms with Crippen LogP contribution in [-0.2, 0) is 4.74 Å². The number of carbonyl (C=O) groups excluding carboxylic acids is 1. The van der Waals surface area contributed by atoms with Crippen LogP contribution in [0, 0.1) is 5.41 Å². The number of carbonyl (C=O) groups is 1. The number of fused-ring (bicyclic) bond motifs is 1. The van der Waals surface area contributed by atoms with E-state index in [0.29, 0.717) is 11.3 Å². The van der Waals surface area contributed by atoms with Crippen LogP contribution in [0.3, 0.4) is 0 Å². The molecule has 3 nitrogen and oxygen atoms in total. The van der Waals surface area contributed by atoms with E-state index in [2.05, 4.69) is 0 Å². The summed E-state index contributed by atoms with van der Waals surface area (Å²) in [5, 5.41) is 0. The highest BCUT2D eigenvalue weighted by atomic mass is 16.7. The molecule has 15 heavy (non-hydrogen) atoms. The Morgan fingerprint density at radius 2 is 1.80 bits per heavy atom. The van der Waals surface area contributed by atoms with Crippen LogP contribution in [0.1, 0.15) is 31.1 Å². The van der Waals surface area contributed by atoms with E-state index < -0.39 is 6.29 Å². The second-order valence-electron chi connectivity index (χ2n) is 4.72. The van der Waals surface area contributed by atoms with Crippen molar-refractivity contribution in [1.82, 2.24) is 0 Å². The molecule has 0 radical (unpaired) electrons. The van der Waals surface area contributed by atoms with Crippen molar-refractivity contribution < 1.29 is 14.3 Å². The van der Waals surface area contributed by atoms with Gasteiger partial charge in [0.05, 0.1) is 0 Å². The zero-order chi connectivity index (χ0) is 11.1. The van der Waals surface area contributed by atoms with E-state index >= 15 is 0 Å². The summed E-state index contributed by atoms with van der Waals surface area (Å²) in [6.45, 7) is 5.91. The second kappa shape index (κ2) is 3.26. The van der Waals surface area contributed by atoms with Crippen molar-refractivity contribution in [3.05, 3.63) is 29.8 Å². The van der Waals surface area contributed by atoms with Crippen LogP contribution in [0.5, 0.6) is 5.75 Å². The lowest BCUT2D eigenvalue weighted by Gasteiger charge is -2.33. The summed E-state index contributed by atoms with van der Waals surface area (Å²) < 4.78 is 10.8. The molecule has 0 aliphatic carbocycles. The first kappa shape index (κ1) is 10.0. The average molecular weight is 206 g/mol. The first-order valence-corrected chi connectivity index (χ1v) is 4.95. The fourth-order valence-electron chi connectivity index (χ4n) is 1.39. The van der Waals surface area contributed by atoms with Crippen LogP contribution in [0.15, 0.2) is 24.3 Å². The van der Waals surface area contributed by atoms with E-state index in [1.54, 1.807) is 18.2 Å². The van der Waals surface area contributed by atoms with Gasteiger partial charge in [0.2, 0.25) is 6.29 Å². The Morgan fingerprint density at radius 3 is 2.47 bits per heavy atom. The van der Waals surface area contributed by atoms with Crippen molar-refractivity contribution in [2.75, 3.05) is 0 Å². The quantitative estimate of drug-likeness (QED) is 0.612. The Kier molecular flexibility index (Phi) is 2.18. The highest BCUT2D eigenvalue weighted by Crippen LogP contribution is 2.32. The van der Waals surface area contributed by atoms with Gasteiger partial charge in [0.1, 0.15) is 11.3 Å². The fourth-order valence-corrected chi connectivity index (χ4v) is 1.39. The minimum Gasteiger partial charge on any atom is -0.453 e. The Morgan fingerprint density at radius 1 is 1.13 bits per heavy atom. The zero-order valence-electron chi connectivity index (χ0n) is 9.11. The van der Waals surface area contributed by atoms with Crippen molar-refractivity contribution in [3.63, 3.8) is 0 Å². The van der Waals surface area contributed by atoms with E-state index in [4.69, 9.17) is 9.47 Å². The second-order valence-corrected chi connectivity index (χ2v) is 4.72. The topological polar surface area (TPSA) is 35.5 Å². The van der Waals surface area contributed by atoms with Gasteiger partial charge in [-0.1, -0.05) is 32.9 Å². The van der Waals surface area contributed by atoms with Crippen LogP contribution in [0.2, 0.25) is 0 Å². The van der Waals surface area contributed by atoms with Crippen molar-refractivity contribution in [2.24, 2.45) is 5.41 Å². The molecule has 1 aromatic rings. The molecule has 3 heteroatoms. The van der Waals surface area contributed by atoms with Crippen molar-refractivity contribution in [3.8, 4) is 5.75 Å². The third kappa shape index (κ3) is 1.82. The van der Waals surface area contributed by atoms with Gasteiger partial charge in [0.25, 0.3) is 0 Å². The molecule has 0 amide bonds. The Bertz CT molecular complexity index is 390. The summed E-state index contributed by atoms with van der Waals surface area (Å²) in [6.07, 6.45) is -0.514. The van der Waals surface area contributed by atoms with Crippen LogP contribution >= 0.6 is 0 Å². The molecule has 1 heterocycles. The smallest absolute Gasteiger partial charge is 0.345 e. The molecule has 0 bridgehead atoms. The lowest BCUT2D eigenvalue weighted by molar-refractivity contribution is -0.116. The maximum atomic E-state index is 11.6. The summed E-state index contributed by atoms with van der Waals surface area (Å²) >= 11 is 0.